The van der Waals surface area contributed by atoms with Crippen molar-refractivity contribution < 1.29 is 19.1 Å². The summed E-state index contributed by atoms with van der Waals surface area (Å²) in [4.78, 5) is 28.6. The number of benzene rings is 1. The summed E-state index contributed by atoms with van der Waals surface area (Å²) in [5.41, 5.74) is -0.0481. The van der Waals surface area contributed by atoms with Gasteiger partial charge in [0.05, 0.1) is 12.0 Å². The van der Waals surface area contributed by atoms with Crippen LogP contribution in [-0.4, -0.2) is 52.0 Å². The van der Waals surface area contributed by atoms with E-state index in [1.807, 2.05) is 15.9 Å². The summed E-state index contributed by atoms with van der Waals surface area (Å²) in [6, 6.07) is 6.39. The maximum absolute atomic E-state index is 13.4. The van der Waals surface area contributed by atoms with Crippen LogP contribution in [0.5, 0.6) is 0 Å². The number of halogens is 1. The average molecular weight is 374 g/mol. The van der Waals surface area contributed by atoms with Crippen molar-refractivity contribution in [1.82, 2.24) is 9.80 Å². The Morgan fingerprint density at radius 1 is 1.19 bits per heavy atom. The summed E-state index contributed by atoms with van der Waals surface area (Å²) >= 11 is 0. The fourth-order valence-corrected chi connectivity index (χ4v) is 4.70. The number of rotatable bonds is 4. The van der Waals surface area contributed by atoms with Gasteiger partial charge in [-0.25, -0.2) is 4.39 Å². The topological polar surface area (TPSA) is 60.9 Å². The summed E-state index contributed by atoms with van der Waals surface area (Å²) in [6.07, 6.45) is 4.79. The Hall–Kier alpha value is -1.95. The minimum absolute atomic E-state index is 0.0352. The van der Waals surface area contributed by atoms with Crippen LogP contribution in [0.4, 0.5) is 4.39 Å². The van der Waals surface area contributed by atoms with E-state index in [2.05, 4.69) is 0 Å². The maximum Gasteiger partial charge on any atom is 0.225 e. The van der Waals surface area contributed by atoms with Crippen LogP contribution in [0.3, 0.4) is 0 Å². The van der Waals surface area contributed by atoms with Crippen LogP contribution in [0, 0.1) is 11.2 Å². The second-order valence-electron chi connectivity index (χ2n) is 8.69. The van der Waals surface area contributed by atoms with Crippen molar-refractivity contribution in [3.63, 3.8) is 0 Å². The van der Waals surface area contributed by atoms with Crippen LogP contribution in [0.1, 0.15) is 50.5 Å². The lowest BCUT2D eigenvalue weighted by molar-refractivity contribution is -0.142. The van der Waals surface area contributed by atoms with Crippen LogP contribution in [-0.2, 0) is 16.1 Å². The molecule has 1 aromatic rings. The van der Waals surface area contributed by atoms with E-state index in [0.717, 1.165) is 37.7 Å². The van der Waals surface area contributed by atoms with Crippen molar-refractivity contribution in [3.8, 4) is 0 Å². The molecule has 2 saturated heterocycles. The second-order valence-corrected chi connectivity index (χ2v) is 8.69. The number of hydrogen-bond donors (Lipinski definition) is 1. The molecule has 1 saturated carbocycles. The summed E-state index contributed by atoms with van der Waals surface area (Å²) < 4.78 is 13.4. The van der Waals surface area contributed by atoms with E-state index < -0.39 is 5.60 Å². The molecule has 1 aromatic carbocycles. The molecule has 5 nitrogen and oxygen atoms in total. The number of nitrogens with zero attached hydrogens (tertiary/aromatic N) is 2. The Morgan fingerprint density at radius 3 is 2.56 bits per heavy atom. The Morgan fingerprint density at radius 2 is 1.93 bits per heavy atom. The van der Waals surface area contributed by atoms with E-state index in [4.69, 9.17) is 0 Å². The number of piperidine rings is 1. The molecule has 3 aliphatic rings. The van der Waals surface area contributed by atoms with Crippen LogP contribution < -0.4 is 0 Å². The van der Waals surface area contributed by atoms with Gasteiger partial charge in [-0.1, -0.05) is 12.1 Å². The van der Waals surface area contributed by atoms with Crippen LogP contribution >= 0.6 is 0 Å². The van der Waals surface area contributed by atoms with Crippen molar-refractivity contribution in [1.29, 1.82) is 0 Å². The third-order valence-corrected chi connectivity index (χ3v) is 6.61. The highest BCUT2D eigenvalue weighted by molar-refractivity contribution is 5.80. The molecule has 0 atom stereocenters. The fraction of sp³-hybridized carbons (Fsp3) is 0.619. The molecule has 2 aliphatic heterocycles. The highest BCUT2D eigenvalue weighted by Crippen LogP contribution is 2.42. The molecular formula is C21H27FN2O3. The molecule has 146 valence electrons. The van der Waals surface area contributed by atoms with Crippen molar-refractivity contribution in [2.45, 2.75) is 57.1 Å². The van der Waals surface area contributed by atoms with Crippen molar-refractivity contribution in [3.05, 3.63) is 35.6 Å². The Bertz CT molecular complexity index is 739. The summed E-state index contributed by atoms with van der Waals surface area (Å²) in [5.74, 6) is -0.135. The molecule has 6 heteroatoms. The minimum Gasteiger partial charge on any atom is -0.389 e. The lowest BCUT2D eigenvalue weighted by Crippen LogP contribution is -2.48. The number of carbonyl (C=O) groups excluding carboxylic acids is 2. The Labute approximate surface area is 159 Å². The molecule has 3 fully saturated rings. The molecule has 4 rings (SSSR count). The van der Waals surface area contributed by atoms with Gasteiger partial charge >= 0.3 is 0 Å². The molecule has 0 bridgehead atoms. The first-order chi connectivity index (χ1) is 12.9. The van der Waals surface area contributed by atoms with Gasteiger partial charge in [0.15, 0.2) is 0 Å². The fourth-order valence-electron chi connectivity index (χ4n) is 4.70. The van der Waals surface area contributed by atoms with Gasteiger partial charge in [-0.3, -0.25) is 9.59 Å². The molecule has 1 spiro atoms. The van der Waals surface area contributed by atoms with Gasteiger partial charge < -0.3 is 14.9 Å². The van der Waals surface area contributed by atoms with Crippen molar-refractivity contribution >= 4 is 11.8 Å². The van der Waals surface area contributed by atoms with Gasteiger partial charge in [0, 0.05) is 38.0 Å². The van der Waals surface area contributed by atoms with Gasteiger partial charge in [0.25, 0.3) is 0 Å². The zero-order chi connectivity index (χ0) is 19.1. The van der Waals surface area contributed by atoms with Crippen LogP contribution in [0.2, 0.25) is 0 Å². The lowest BCUT2D eigenvalue weighted by atomic mass is 9.76. The van der Waals surface area contributed by atoms with Gasteiger partial charge in [-0.2, -0.15) is 0 Å². The third kappa shape index (κ3) is 3.86. The van der Waals surface area contributed by atoms with E-state index in [0.29, 0.717) is 32.6 Å². The van der Waals surface area contributed by atoms with Crippen LogP contribution in [0.15, 0.2) is 24.3 Å². The van der Waals surface area contributed by atoms with Crippen LogP contribution in [0.25, 0.3) is 0 Å². The van der Waals surface area contributed by atoms with Gasteiger partial charge in [0.1, 0.15) is 5.82 Å². The maximum atomic E-state index is 13.4. The first-order valence-electron chi connectivity index (χ1n) is 9.89. The molecule has 0 unspecified atom stereocenters. The van der Waals surface area contributed by atoms with Gasteiger partial charge in [-0.05, 0) is 49.8 Å². The normalized spacial score (nSPS) is 23.6. The Balaban J connectivity index is 1.33. The molecule has 0 aromatic heterocycles. The quantitative estimate of drug-likeness (QED) is 0.881. The SMILES string of the molecule is O=C(CC1(O)CCC1)N1CCC2(CC1)CC(=O)N(Cc1cccc(F)c1)C2. The van der Waals surface area contributed by atoms with E-state index in [-0.39, 0.29) is 29.5 Å². The van der Waals surface area contributed by atoms with E-state index in [9.17, 15) is 19.1 Å². The molecule has 1 N–H and O–H groups in total. The Kier molecular flexibility index (Phi) is 4.70. The molecular weight excluding hydrogens is 347 g/mol. The van der Waals surface area contributed by atoms with Crippen molar-refractivity contribution in [2.24, 2.45) is 5.41 Å². The van der Waals surface area contributed by atoms with Gasteiger partial charge in [0.2, 0.25) is 11.8 Å². The number of aliphatic hydroxyl groups is 1. The monoisotopic (exact) mass is 374 g/mol. The standard InChI is InChI=1S/C21H27FN2O3/c22-17-4-1-3-16(11-17)14-24-15-20(12-18(24)25)7-9-23(10-8-20)19(26)13-21(27)5-2-6-21/h1,3-4,11,27H,2,5-10,12-15H2. The largest absolute Gasteiger partial charge is 0.389 e. The van der Waals surface area contributed by atoms with Gasteiger partial charge in [-0.15, -0.1) is 0 Å². The van der Waals surface area contributed by atoms with E-state index in [1.54, 1.807) is 6.07 Å². The van der Waals surface area contributed by atoms with Crippen molar-refractivity contribution in [2.75, 3.05) is 19.6 Å². The minimum atomic E-state index is -0.780. The third-order valence-electron chi connectivity index (χ3n) is 6.61. The summed E-state index contributed by atoms with van der Waals surface area (Å²) in [5, 5.41) is 10.2. The second kappa shape index (κ2) is 6.89. The molecule has 27 heavy (non-hydrogen) atoms. The smallest absolute Gasteiger partial charge is 0.225 e. The molecule has 0 radical (unpaired) electrons. The summed E-state index contributed by atoms with van der Waals surface area (Å²) in [7, 11) is 0. The first-order valence-corrected chi connectivity index (χ1v) is 9.89. The zero-order valence-electron chi connectivity index (χ0n) is 15.6. The number of likely N-dealkylation sites (tertiary alicyclic amines) is 2. The molecule has 2 amide bonds. The summed E-state index contributed by atoms with van der Waals surface area (Å²) in [6.45, 7) is 2.41. The lowest BCUT2D eigenvalue weighted by Gasteiger charge is -2.41. The highest BCUT2D eigenvalue weighted by Gasteiger charge is 2.46. The number of carbonyl (C=O) groups is 2. The van der Waals surface area contributed by atoms with E-state index in [1.165, 1.54) is 12.1 Å². The average Bonchev–Trinajstić information content (AvgIpc) is 2.89. The molecule has 2 heterocycles. The number of amides is 2. The zero-order valence-corrected chi connectivity index (χ0v) is 15.6. The predicted molar refractivity (Wildman–Crippen MR) is 98.1 cm³/mol. The highest BCUT2D eigenvalue weighted by atomic mass is 19.1. The predicted octanol–water partition coefficient (Wildman–Crippen LogP) is 2.47. The first kappa shape index (κ1) is 18.4. The molecule has 1 aliphatic carbocycles. The van der Waals surface area contributed by atoms with E-state index >= 15 is 0 Å². The number of hydrogen-bond acceptors (Lipinski definition) is 3.